The highest BCUT2D eigenvalue weighted by Gasteiger charge is 2.15. The zero-order valence-corrected chi connectivity index (χ0v) is 10.1. The van der Waals surface area contributed by atoms with Gasteiger partial charge in [-0.2, -0.15) is 0 Å². The minimum atomic E-state index is -0.582. The molecule has 0 radical (unpaired) electrons. The zero-order valence-electron chi connectivity index (χ0n) is 10.1. The molecule has 0 aliphatic carbocycles. The van der Waals surface area contributed by atoms with Crippen molar-refractivity contribution in [2.45, 2.75) is 32.9 Å². The summed E-state index contributed by atoms with van der Waals surface area (Å²) in [5.41, 5.74) is -0.109. The first kappa shape index (κ1) is 13.3. The predicted octanol–water partition coefficient (Wildman–Crippen LogP) is 2.56. The standard InChI is InChI=1S/C12H16FNO3/c1-12(2,3)17-11(16)14-7-8-4-9(13)6-10(15)5-8/h4-6,15H,7H2,1-3H3,(H,14,16). The van der Waals surface area contributed by atoms with Gasteiger partial charge in [0.1, 0.15) is 17.2 Å². The number of ether oxygens (including phenoxy) is 1. The van der Waals surface area contributed by atoms with E-state index in [2.05, 4.69) is 5.32 Å². The minimum absolute atomic E-state index is 0.0975. The van der Waals surface area contributed by atoms with Crippen LogP contribution in [0.4, 0.5) is 9.18 Å². The van der Waals surface area contributed by atoms with Gasteiger partial charge in [-0.15, -0.1) is 0 Å². The van der Waals surface area contributed by atoms with Gasteiger partial charge in [0.25, 0.3) is 0 Å². The van der Waals surface area contributed by atoms with Crippen molar-refractivity contribution in [2.24, 2.45) is 0 Å². The topological polar surface area (TPSA) is 58.6 Å². The Kier molecular flexibility index (Phi) is 3.93. The number of benzene rings is 1. The van der Waals surface area contributed by atoms with Gasteiger partial charge in [0.15, 0.2) is 0 Å². The Morgan fingerprint density at radius 1 is 1.41 bits per heavy atom. The molecule has 0 fully saturated rings. The van der Waals surface area contributed by atoms with Crippen molar-refractivity contribution in [1.82, 2.24) is 5.32 Å². The molecule has 1 rings (SSSR count). The van der Waals surface area contributed by atoms with Crippen molar-refractivity contribution >= 4 is 6.09 Å². The Morgan fingerprint density at radius 2 is 2.06 bits per heavy atom. The first-order valence-corrected chi connectivity index (χ1v) is 5.21. The lowest BCUT2D eigenvalue weighted by molar-refractivity contribution is 0.0523. The summed E-state index contributed by atoms with van der Waals surface area (Å²) in [6, 6.07) is 3.61. The van der Waals surface area contributed by atoms with Crippen LogP contribution in [0.1, 0.15) is 26.3 Å². The molecule has 1 amide bonds. The molecule has 2 N–H and O–H groups in total. The van der Waals surface area contributed by atoms with Crippen LogP contribution in [0.25, 0.3) is 0 Å². The smallest absolute Gasteiger partial charge is 0.407 e. The van der Waals surface area contributed by atoms with Crippen LogP contribution in [0.3, 0.4) is 0 Å². The normalized spacial score (nSPS) is 11.1. The van der Waals surface area contributed by atoms with E-state index < -0.39 is 17.5 Å². The highest BCUT2D eigenvalue weighted by molar-refractivity contribution is 5.67. The van der Waals surface area contributed by atoms with E-state index >= 15 is 0 Å². The van der Waals surface area contributed by atoms with E-state index in [9.17, 15) is 9.18 Å². The van der Waals surface area contributed by atoms with Gasteiger partial charge in [-0.1, -0.05) is 0 Å². The van der Waals surface area contributed by atoms with Gasteiger partial charge in [-0.05, 0) is 38.5 Å². The van der Waals surface area contributed by atoms with E-state index in [0.29, 0.717) is 5.56 Å². The van der Waals surface area contributed by atoms with Crippen molar-refractivity contribution in [3.8, 4) is 5.75 Å². The lowest BCUT2D eigenvalue weighted by atomic mass is 10.2. The molecule has 5 heteroatoms. The fourth-order valence-electron chi connectivity index (χ4n) is 1.22. The first-order valence-electron chi connectivity index (χ1n) is 5.21. The van der Waals surface area contributed by atoms with Crippen LogP contribution in [0.2, 0.25) is 0 Å². The molecule has 0 aliphatic rings. The van der Waals surface area contributed by atoms with Gasteiger partial charge in [-0.25, -0.2) is 9.18 Å². The van der Waals surface area contributed by atoms with Gasteiger partial charge < -0.3 is 15.2 Å². The first-order chi connectivity index (χ1) is 7.76. The molecule has 0 saturated heterocycles. The fourth-order valence-corrected chi connectivity index (χ4v) is 1.22. The molecule has 0 spiro atoms. The number of phenols is 1. The maximum atomic E-state index is 12.9. The maximum absolute atomic E-state index is 12.9. The monoisotopic (exact) mass is 241 g/mol. The molecule has 94 valence electrons. The molecule has 0 aliphatic heterocycles. The fraction of sp³-hybridized carbons (Fsp3) is 0.417. The Labute approximate surface area is 99.4 Å². The second kappa shape index (κ2) is 5.03. The molecule has 0 bridgehead atoms. The van der Waals surface area contributed by atoms with Gasteiger partial charge >= 0.3 is 6.09 Å². The zero-order chi connectivity index (χ0) is 13.1. The third-order valence-electron chi connectivity index (χ3n) is 1.78. The molecule has 0 atom stereocenters. The Morgan fingerprint density at radius 3 is 2.59 bits per heavy atom. The van der Waals surface area contributed by atoms with Crippen LogP contribution < -0.4 is 5.32 Å². The summed E-state index contributed by atoms with van der Waals surface area (Å²) in [6.07, 6.45) is -0.582. The Balaban J connectivity index is 2.53. The molecule has 4 nitrogen and oxygen atoms in total. The molecule has 17 heavy (non-hydrogen) atoms. The van der Waals surface area contributed by atoms with Crippen LogP contribution in [0, 0.1) is 5.82 Å². The lowest BCUT2D eigenvalue weighted by Crippen LogP contribution is -2.32. The quantitative estimate of drug-likeness (QED) is 0.836. The summed E-state index contributed by atoms with van der Waals surface area (Å²) in [6.45, 7) is 5.35. The molecule has 0 saturated carbocycles. The number of rotatable bonds is 2. The van der Waals surface area contributed by atoms with Crippen LogP contribution in [-0.4, -0.2) is 16.8 Å². The third kappa shape index (κ3) is 5.19. The Hall–Kier alpha value is -1.78. The van der Waals surface area contributed by atoms with Crippen molar-refractivity contribution in [3.63, 3.8) is 0 Å². The molecular weight excluding hydrogens is 225 g/mol. The second-order valence-corrected chi connectivity index (χ2v) is 4.67. The van der Waals surface area contributed by atoms with E-state index in [1.54, 1.807) is 20.8 Å². The molecule has 1 aromatic carbocycles. The number of aromatic hydroxyl groups is 1. The number of amides is 1. The van der Waals surface area contributed by atoms with Gasteiger partial charge in [-0.3, -0.25) is 0 Å². The lowest BCUT2D eigenvalue weighted by Gasteiger charge is -2.19. The summed E-state index contributed by atoms with van der Waals surface area (Å²) in [5, 5.41) is 11.6. The summed E-state index contributed by atoms with van der Waals surface area (Å²) in [4.78, 5) is 11.3. The average Bonchev–Trinajstić information content (AvgIpc) is 2.10. The largest absolute Gasteiger partial charge is 0.508 e. The molecule has 1 aromatic rings. The summed E-state index contributed by atoms with van der Waals surface area (Å²) < 4.78 is 17.9. The SMILES string of the molecule is CC(C)(C)OC(=O)NCc1cc(O)cc(F)c1. The van der Waals surface area contributed by atoms with E-state index in [1.165, 1.54) is 12.1 Å². The molecular formula is C12H16FNO3. The number of nitrogens with one attached hydrogen (secondary N) is 1. The average molecular weight is 241 g/mol. The summed E-state index contributed by atoms with van der Waals surface area (Å²) >= 11 is 0. The number of hydrogen-bond acceptors (Lipinski definition) is 3. The van der Waals surface area contributed by atoms with Crippen molar-refractivity contribution < 1.29 is 19.0 Å². The van der Waals surface area contributed by atoms with Crippen molar-refractivity contribution in [1.29, 1.82) is 0 Å². The highest BCUT2D eigenvalue weighted by atomic mass is 19.1. The van der Waals surface area contributed by atoms with Crippen LogP contribution in [0.5, 0.6) is 5.75 Å². The predicted molar refractivity (Wildman–Crippen MR) is 61.1 cm³/mol. The van der Waals surface area contributed by atoms with Crippen molar-refractivity contribution in [3.05, 3.63) is 29.6 Å². The number of alkyl carbamates (subject to hydrolysis) is 1. The maximum Gasteiger partial charge on any atom is 0.407 e. The number of hydrogen-bond donors (Lipinski definition) is 2. The van der Waals surface area contributed by atoms with E-state index in [-0.39, 0.29) is 12.3 Å². The highest BCUT2D eigenvalue weighted by Crippen LogP contribution is 2.14. The number of phenolic OH excluding ortho intramolecular Hbond substituents is 1. The number of halogens is 1. The summed E-state index contributed by atoms with van der Waals surface area (Å²) in [7, 11) is 0. The Bertz CT molecular complexity index is 392. The van der Waals surface area contributed by atoms with E-state index in [4.69, 9.17) is 9.84 Å². The van der Waals surface area contributed by atoms with Crippen LogP contribution in [-0.2, 0) is 11.3 Å². The number of carbonyl (C=O) groups excluding carboxylic acids is 1. The molecule has 0 aromatic heterocycles. The van der Waals surface area contributed by atoms with E-state index in [0.717, 1.165) is 6.07 Å². The minimum Gasteiger partial charge on any atom is -0.508 e. The van der Waals surface area contributed by atoms with Crippen LogP contribution >= 0.6 is 0 Å². The van der Waals surface area contributed by atoms with Crippen molar-refractivity contribution in [2.75, 3.05) is 0 Å². The molecule has 0 heterocycles. The molecule has 0 unspecified atom stereocenters. The van der Waals surface area contributed by atoms with Crippen LogP contribution in [0.15, 0.2) is 18.2 Å². The van der Waals surface area contributed by atoms with Gasteiger partial charge in [0.05, 0.1) is 0 Å². The summed E-state index contributed by atoms with van der Waals surface area (Å²) in [5.74, 6) is -0.725. The van der Waals surface area contributed by atoms with E-state index in [1.807, 2.05) is 0 Å². The third-order valence-corrected chi connectivity index (χ3v) is 1.78. The van der Waals surface area contributed by atoms with Gasteiger partial charge in [0.2, 0.25) is 0 Å². The number of carbonyl (C=O) groups is 1. The van der Waals surface area contributed by atoms with Gasteiger partial charge in [0, 0.05) is 12.6 Å². The second-order valence-electron chi connectivity index (χ2n) is 4.67.